The van der Waals surface area contributed by atoms with Gasteiger partial charge in [0.15, 0.2) is 5.96 Å². The number of aromatic amines is 1. The van der Waals surface area contributed by atoms with Gasteiger partial charge in [0.25, 0.3) is 0 Å². The van der Waals surface area contributed by atoms with E-state index in [4.69, 9.17) is 9.47 Å². The molecule has 0 saturated carbocycles. The Hall–Kier alpha value is -2.26. The van der Waals surface area contributed by atoms with Crippen molar-refractivity contribution >= 4 is 40.8 Å². The maximum atomic E-state index is 5.77. The minimum atomic E-state index is 0. The molecule has 30 heavy (non-hydrogen) atoms. The molecular formula is C23H31IN4O2. The van der Waals surface area contributed by atoms with Gasteiger partial charge in [0.2, 0.25) is 0 Å². The summed E-state index contributed by atoms with van der Waals surface area (Å²) in [6.45, 7) is 2.86. The smallest absolute Gasteiger partial charge is 0.191 e. The van der Waals surface area contributed by atoms with Gasteiger partial charge in [-0.05, 0) is 35.7 Å². The number of aliphatic imine (C=N–C) groups is 1. The zero-order chi connectivity index (χ0) is 20.3. The number of fused-ring (bicyclic) bond motifs is 1. The highest BCUT2D eigenvalue weighted by Gasteiger charge is 2.04. The minimum absolute atomic E-state index is 0. The van der Waals surface area contributed by atoms with Crippen molar-refractivity contribution in [3.05, 3.63) is 65.9 Å². The van der Waals surface area contributed by atoms with Crippen molar-refractivity contribution in [1.82, 2.24) is 15.6 Å². The van der Waals surface area contributed by atoms with Crippen molar-refractivity contribution in [2.45, 2.75) is 19.4 Å². The van der Waals surface area contributed by atoms with Crippen LogP contribution in [0.15, 0.2) is 59.7 Å². The van der Waals surface area contributed by atoms with E-state index in [9.17, 15) is 0 Å². The number of para-hydroxylation sites is 1. The molecule has 0 unspecified atom stereocenters. The Morgan fingerprint density at radius 3 is 2.77 bits per heavy atom. The van der Waals surface area contributed by atoms with Gasteiger partial charge in [0.1, 0.15) is 5.75 Å². The lowest BCUT2D eigenvalue weighted by molar-refractivity contribution is 0.172. The Kier molecular flexibility index (Phi) is 10.5. The normalized spacial score (nSPS) is 11.2. The summed E-state index contributed by atoms with van der Waals surface area (Å²) in [6, 6.07) is 16.5. The number of rotatable bonds is 10. The monoisotopic (exact) mass is 522 g/mol. The number of aromatic nitrogens is 1. The van der Waals surface area contributed by atoms with Gasteiger partial charge in [-0.3, -0.25) is 4.99 Å². The van der Waals surface area contributed by atoms with E-state index in [0.29, 0.717) is 19.8 Å². The molecule has 0 bridgehead atoms. The first-order chi connectivity index (χ1) is 14.3. The molecule has 0 spiro atoms. The van der Waals surface area contributed by atoms with Crippen LogP contribution in [-0.2, 0) is 17.7 Å². The average Bonchev–Trinajstić information content (AvgIpc) is 3.17. The van der Waals surface area contributed by atoms with E-state index >= 15 is 0 Å². The number of methoxy groups -OCH3 is 1. The van der Waals surface area contributed by atoms with Crippen LogP contribution in [0.5, 0.6) is 5.75 Å². The lowest BCUT2D eigenvalue weighted by atomic mass is 10.1. The number of benzene rings is 2. The van der Waals surface area contributed by atoms with E-state index < -0.39 is 0 Å². The molecule has 3 aromatic rings. The van der Waals surface area contributed by atoms with Crippen LogP contribution in [0.3, 0.4) is 0 Å². The highest BCUT2D eigenvalue weighted by Crippen LogP contribution is 2.17. The first-order valence-electron chi connectivity index (χ1n) is 10.0. The van der Waals surface area contributed by atoms with Crippen molar-refractivity contribution < 1.29 is 9.47 Å². The number of nitrogens with zero attached hydrogens (tertiary/aromatic N) is 1. The van der Waals surface area contributed by atoms with Crippen molar-refractivity contribution in [2.24, 2.45) is 4.99 Å². The molecule has 0 atom stereocenters. The van der Waals surface area contributed by atoms with Crippen LogP contribution in [0.1, 0.15) is 17.5 Å². The maximum absolute atomic E-state index is 5.77. The second kappa shape index (κ2) is 13.1. The molecule has 6 nitrogen and oxygen atoms in total. The molecule has 0 saturated heterocycles. The number of guanidine groups is 1. The summed E-state index contributed by atoms with van der Waals surface area (Å²) in [4.78, 5) is 7.64. The molecular weight excluding hydrogens is 491 g/mol. The van der Waals surface area contributed by atoms with Crippen LogP contribution >= 0.6 is 24.0 Å². The van der Waals surface area contributed by atoms with E-state index in [-0.39, 0.29) is 24.0 Å². The fourth-order valence-electron chi connectivity index (χ4n) is 3.20. The van der Waals surface area contributed by atoms with Gasteiger partial charge in [-0.1, -0.05) is 30.3 Å². The van der Waals surface area contributed by atoms with E-state index in [0.717, 1.165) is 36.7 Å². The average molecular weight is 522 g/mol. The number of nitrogens with one attached hydrogen (secondary N) is 3. The van der Waals surface area contributed by atoms with Gasteiger partial charge >= 0.3 is 0 Å². The highest BCUT2D eigenvalue weighted by molar-refractivity contribution is 14.0. The molecule has 2 aromatic carbocycles. The number of hydrogen-bond donors (Lipinski definition) is 3. The maximum Gasteiger partial charge on any atom is 0.191 e. The van der Waals surface area contributed by atoms with Crippen LogP contribution in [0.2, 0.25) is 0 Å². The lowest BCUT2D eigenvalue weighted by Gasteiger charge is -2.13. The SMILES string of the molecule is CN=C(NCCc1c[nH]c2ccccc12)NCc1cccc(OCCCOC)c1.I. The minimum Gasteiger partial charge on any atom is -0.493 e. The number of ether oxygens (including phenoxy) is 2. The van der Waals surface area contributed by atoms with Crippen LogP contribution in [0, 0.1) is 0 Å². The van der Waals surface area contributed by atoms with Gasteiger partial charge in [0.05, 0.1) is 6.61 Å². The van der Waals surface area contributed by atoms with Gasteiger partial charge in [-0.15, -0.1) is 24.0 Å². The number of halogens is 1. The molecule has 0 aliphatic carbocycles. The van der Waals surface area contributed by atoms with E-state index in [1.807, 2.05) is 18.2 Å². The summed E-state index contributed by atoms with van der Waals surface area (Å²) in [5.41, 5.74) is 3.63. The van der Waals surface area contributed by atoms with Crippen molar-refractivity contribution in [3.63, 3.8) is 0 Å². The van der Waals surface area contributed by atoms with Crippen LogP contribution in [0.4, 0.5) is 0 Å². The first kappa shape index (κ1) is 24.0. The topological polar surface area (TPSA) is 70.7 Å². The predicted octanol–water partition coefficient (Wildman–Crippen LogP) is 4.11. The Bertz CT molecular complexity index is 926. The van der Waals surface area contributed by atoms with Gasteiger partial charge in [0, 0.05) is 57.4 Å². The molecule has 0 aliphatic rings. The zero-order valence-corrected chi connectivity index (χ0v) is 19.9. The molecule has 7 heteroatoms. The van der Waals surface area contributed by atoms with E-state index in [1.165, 1.54) is 16.5 Å². The Morgan fingerprint density at radius 1 is 1.07 bits per heavy atom. The van der Waals surface area contributed by atoms with Gasteiger partial charge < -0.3 is 25.1 Å². The van der Waals surface area contributed by atoms with Crippen LogP contribution < -0.4 is 15.4 Å². The summed E-state index contributed by atoms with van der Waals surface area (Å²) < 4.78 is 10.8. The summed E-state index contributed by atoms with van der Waals surface area (Å²) in [5.74, 6) is 1.67. The molecule has 0 fully saturated rings. The number of H-pyrrole nitrogens is 1. The summed E-state index contributed by atoms with van der Waals surface area (Å²) >= 11 is 0. The quantitative estimate of drug-likeness (QED) is 0.162. The third-order valence-electron chi connectivity index (χ3n) is 4.71. The molecule has 3 N–H and O–H groups in total. The van der Waals surface area contributed by atoms with Gasteiger partial charge in [-0.25, -0.2) is 0 Å². The summed E-state index contributed by atoms with van der Waals surface area (Å²) in [5, 5.41) is 8.02. The molecule has 162 valence electrons. The molecule has 3 rings (SSSR count). The van der Waals surface area contributed by atoms with E-state index in [1.54, 1.807) is 14.2 Å². The molecule has 1 heterocycles. The molecule has 0 radical (unpaired) electrons. The highest BCUT2D eigenvalue weighted by atomic mass is 127. The third-order valence-corrected chi connectivity index (χ3v) is 4.71. The second-order valence-corrected chi connectivity index (χ2v) is 6.80. The van der Waals surface area contributed by atoms with Crippen molar-refractivity contribution in [1.29, 1.82) is 0 Å². The van der Waals surface area contributed by atoms with E-state index in [2.05, 4.69) is 57.1 Å². The van der Waals surface area contributed by atoms with Crippen LogP contribution in [0.25, 0.3) is 10.9 Å². The Balaban J connectivity index is 0.00000320. The molecule has 0 amide bonds. The fourth-order valence-corrected chi connectivity index (χ4v) is 3.20. The Labute approximate surface area is 195 Å². The zero-order valence-electron chi connectivity index (χ0n) is 17.6. The van der Waals surface area contributed by atoms with Gasteiger partial charge in [-0.2, -0.15) is 0 Å². The fraction of sp³-hybridized carbons (Fsp3) is 0.348. The predicted molar refractivity (Wildman–Crippen MR) is 134 cm³/mol. The number of hydrogen-bond acceptors (Lipinski definition) is 3. The molecule has 1 aromatic heterocycles. The van der Waals surface area contributed by atoms with Crippen molar-refractivity contribution in [3.8, 4) is 5.75 Å². The second-order valence-electron chi connectivity index (χ2n) is 6.80. The van der Waals surface area contributed by atoms with Crippen LogP contribution in [-0.4, -0.2) is 44.9 Å². The standard InChI is InChI=1S/C23H30N4O2.HI/c1-24-23(25-12-11-19-17-26-22-10-4-3-9-21(19)22)27-16-18-7-5-8-20(15-18)29-14-6-13-28-2;/h3-5,7-10,15,17,26H,6,11-14,16H2,1-2H3,(H2,24,25,27);1H. The first-order valence-corrected chi connectivity index (χ1v) is 10.0. The largest absolute Gasteiger partial charge is 0.493 e. The lowest BCUT2D eigenvalue weighted by Crippen LogP contribution is -2.37. The van der Waals surface area contributed by atoms with Crippen molar-refractivity contribution in [2.75, 3.05) is 33.9 Å². The summed E-state index contributed by atoms with van der Waals surface area (Å²) in [6.07, 6.45) is 3.89. The Morgan fingerprint density at radius 2 is 1.93 bits per heavy atom. The molecule has 0 aliphatic heterocycles. The summed E-state index contributed by atoms with van der Waals surface area (Å²) in [7, 11) is 3.49. The third kappa shape index (κ3) is 7.21.